The summed E-state index contributed by atoms with van der Waals surface area (Å²) >= 11 is 9.11. The predicted molar refractivity (Wildman–Crippen MR) is 88.1 cm³/mol. The summed E-state index contributed by atoms with van der Waals surface area (Å²) in [5.41, 5.74) is 0.291. The number of hydrogen-bond donors (Lipinski definition) is 0. The Morgan fingerprint density at radius 1 is 1.17 bits per heavy atom. The van der Waals surface area contributed by atoms with Gasteiger partial charge in [-0.3, -0.25) is 0 Å². The lowest BCUT2D eigenvalue weighted by molar-refractivity contribution is -0.136. The monoisotopic (exact) mass is 398 g/mol. The number of methoxy groups -OCH3 is 1. The lowest BCUT2D eigenvalue weighted by atomic mass is 10.2. The minimum absolute atomic E-state index is 0.233. The van der Waals surface area contributed by atoms with Gasteiger partial charge in [-0.15, -0.1) is 0 Å². The minimum atomic E-state index is -0.603. The number of halogens is 2. The van der Waals surface area contributed by atoms with E-state index in [9.17, 15) is 9.59 Å². The zero-order chi connectivity index (χ0) is 16.8. The van der Waals surface area contributed by atoms with Crippen LogP contribution in [0, 0.1) is 0 Å². The van der Waals surface area contributed by atoms with Gasteiger partial charge in [-0.25, -0.2) is 9.59 Å². The number of ether oxygens (including phenoxy) is 3. The second-order valence-electron chi connectivity index (χ2n) is 4.36. The molecule has 120 valence electrons. The van der Waals surface area contributed by atoms with Crippen LogP contribution in [0.3, 0.4) is 0 Å². The molecule has 7 heteroatoms. The molecule has 0 saturated heterocycles. The number of carbonyl (C=O) groups excluding carboxylic acids is 2. The first kappa shape index (κ1) is 17.3. The molecule has 0 spiro atoms. The van der Waals surface area contributed by atoms with Crippen molar-refractivity contribution in [3.05, 3.63) is 57.5 Å². The van der Waals surface area contributed by atoms with Crippen molar-refractivity contribution in [2.24, 2.45) is 0 Å². The van der Waals surface area contributed by atoms with Crippen molar-refractivity contribution in [2.75, 3.05) is 13.7 Å². The van der Waals surface area contributed by atoms with Crippen LogP contribution in [0.2, 0.25) is 5.02 Å². The van der Waals surface area contributed by atoms with Crippen LogP contribution >= 0.6 is 27.5 Å². The first-order chi connectivity index (χ1) is 11.0. The predicted octanol–water partition coefficient (Wildman–Crippen LogP) is 3.87. The number of rotatable bonds is 5. The molecule has 0 N–H and O–H groups in total. The molecule has 2 rings (SSSR count). The maximum atomic E-state index is 11.8. The van der Waals surface area contributed by atoms with Gasteiger partial charge in [0.1, 0.15) is 11.5 Å². The Morgan fingerprint density at radius 3 is 2.65 bits per heavy atom. The van der Waals surface area contributed by atoms with Gasteiger partial charge in [0.15, 0.2) is 6.61 Å². The van der Waals surface area contributed by atoms with E-state index in [4.69, 9.17) is 21.1 Å². The van der Waals surface area contributed by atoms with Gasteiger partial charge < -0.3 is 14.2 Å². The third-order valence-electron chi connectivity index (χ3n) is 2.73. The fourth-order valence-corrected chi connectivity index (χ4v) is 2.49. The molecule has 0 aromatic heterocycles. The van der Waals surface area contributed by atoms with Gasteiger partial charge in [0.2, 0.25) is 0 Å². The Morgan fingerprint density at radius 2 is 1.96 bits per heavy atom. The number of benzene rings is 2. The van der Waals surface area contributed by atoms with E-state index in [1.54, 1.807) is 36.4 Å². The van der Waals surface area contributed by atoms with Gasteiger partial charge in [0.05, 0.1) is 17.1 Å². The summed E-state index contributed by atoms with van der Waals surface area (Å²) in [6, 6.07) is 11.1. The molecule has 0 aliphatic rings. The fourth-order valence-electron chi connectivity index (χ4n) is 1.69. The summed E-state index contributed by atoms with van der Waals surface area (Å²) in [6.45, 7) is -0.289. The highest BCUT2D eigenvalue weighted by Crippen LogP contribution is 2.28. The molecule has 23 heavy (non-hydrogen) atoms. The number of hydrogen-bond acceptors (Lipinski definition) is 5. The second-order valence-corrected chi connectivity index (χ2v) is 5.65. The molecule has 2 aromatic rings. The summed E-state index contributed by atoms with van der Waals surface area (Å²) in [7, 11) is 1.28. The average Bonchev–Trinajstić information content (AvgIpc) is 2.53. The van der Waals surface area contributed by atoms with E-state index in [2.05, 4.69) is 20.7 Å². The summed E-state index contributed by atoms with van der Waals surface area (Å²) in [5, 5.41) is 0.548. The smallest absolute Gasteiger partial charge is 0.349 e. The van der Waals surface area contributed by atoms with Crippen LogP contribution in [0.25, 0.3) is 0 Å². The third-order valence-corrected chi connectivity index (χ3v) is 3.58. The van der Waals surface area contributed by atoms with Crippen LogP contribution in [-0.2, 0) is 9.53 Å². The summed E-state index contributed by atoms with van der Waals surface area (Å²) in [4.78, 5) is 23.2. The van der Waals surface area contributed by atoms with Gasteiger partial charge in [-0.2, -0.15) is 0 Å². The minimum Gasteiger partial charge on any atom is -0.481 e. The molecule has 0 bridgehead atoms. The van der Waals surface area contributed by atoms with Crippen LogP contribution < -0.4 is 9.47 Å². The molecule has 0 unspecified atom stereocenters. The molecule has 2 aromatic carbocycles. The van der Waals surface area contributed by atoms with Crippen LogP contribution in [0.5, 0.6) is 11.5 Å². The molecule has 0 saturated carbocycles. The first-order valence-electron chi connectivity index (χ1n) is 6.46. The van der Waals surface area contributed by atoms with Crippen LogP contribution in [0.15, 0.2) is 46.9 Å². The highest BCUT2D eigenvalue weighted by molar-refractivity contribution is 9.10. The van der Waals surface area contributed by atoms with E-state index in [-0.39, 0.29) is 12.4 Å². The van der Waals surface area contributed by atoms with Crippen molar-refractivity contribution < 1.29 is 23.8 Å². The molecule has 0 radical (unpaired) electrons. The molecule has 0 aliphatic carbocycles. The van der Waals surface area contributed by atoms with E-state index in [1.165, 1.54) is 13.2 Å². The first-order valence-corrected chi connectivity index (χ1v) is 7.63. The van der Waals surface area contributed by atoms with E-state index in [0.29, 0.717) is 20.8 Å². The van der Waals surface area contributed by atoms with Crippen LogP contribution in [0.4, 0.5) is 0 Å². The van der Waals surface area contributed by atoms with Gasteiger partial charge in [-0.05, 0) is 52.3 Å². The van der Waals surface area contributed by atoms with Gasteiger partial charge in [-0.1, -0.05) is 17.7 Å². The van der Waals surface area contributed by atoms with Crippen LogP contribution in [0.1, 0.15) is 10.4 Å². The summed E-state index contributed by atoms with van der Waals surface area (Å²) < 4.78 is 15.7. The molecule has 0 fully saturated rings. The Bertz CT molecular complexity index is 732. The topological polar surface area (TPSA) is 61.8 Å². The highest BCUT2D eigenvalue weighted by Gasteiger charge is 2.11. The van der Waals surface area contributed by atoms with Crippen molar-refractivity contribution in [3.8, 4) is 11.5 Å². The quantitative estimate of drug-likeness (QED) is 0.564. The second kappa shape index (κ2) is 7.99. The van der Waals surface area contributed by atoms with Crippen molar-refractivity contribution in [2.45, 2.75) is 0 Å². The molecule has 0 amide bonds. The van der Waals surface area contributed by atoms with E-state index < -0.39 is 11.9 Å². The normalized spacial score (nSPS) is 10.0. The Labute approximate surface area is 146 Å². The number of carbonyl (C=O) groups is 2. The largest absolute Gasteiger partial charge is 0.481 e. The Hall–Kier alpha value is -2.05. The molecular formula is C16H12BrClO5. The zero-order valence-corrected chi connectivity index (χ0v) is 14.4. The maximum absolute atomic E-state index is 11.8. The van der Waals surface area contributed by atoms with E-state index >= 15 is 0 Å². The fraction of sp³-hybridized carbons (Fsp3) is 0.125. The van der Waals surface area contributed by atoms with Crippen molar-refractivity contribution in [1.29, 1.82) is 0 Å². The van der Waals surface area contributed by atoms with Gasteiger partial charge in [0, 0.05) is 5.02 Å². The molecule has 0 heterocycles. The van der Waals surface area contributed by atoms with Crippen LogP contribution in [-0.4, -0.2) is 25.7 Å². The van der Waals surface area contributed by atoms with Crippen molar-refractivity contribution >= 4 is 39.5 Å². The lowest BCUT2D eigenvalue weighted by Gasteiger charge is -2.09. The third kappa shape index (κ3) is 4.97. The number of esters is 2. The molecule has 0 atom stereocenters. The van der Waals surface area contributed by atoms with Crippen molar-refractivity contribution in [3.63, 3.8) is 0 Å². The molecular weight excluding hydrogens is 388 g/mol. The average molecular weight is 400 g/mol. The van der Waals surface area contributed by atoms with Gasteiger partial charge >= 0.3 is 11.9 Å². The van der Waals surface area contributed by atoms with Crippen molar-refractivity contribution in [1.82, 2.24) is 0 Å². The lowest BCUT2D eigenvalue weighted by Crippen LogP contribution is -2.18. The maximum Gasteiger partial charge on any atom is 0.349 e. The highest BCUT2D eigenvalue weighted by atomic mass is 79.9. The van der Waals surface area contributed by atoms with E-state index in [1.807, 2.05) is 0 Å². The standard InChI is InChI=1S/C16H12BrClO5/c1-21-16(20)10-3-2-4-12(7-10)23-15(19)9-22-14-6-5-11(18)8-13(14)17/h2-8H,9H2,1H3. The summed E-state index contributed by atoms with van der Waals surface area (Å²) in [6.07, 6.45) is 0. The van der Waals surface area contributed by atoms with Gasteiger partial charge in [0.25, 0.3) is 0 Å². The zero-order valence-electron chi connectivity index (χ0n) is 12.0. The Balaban J connectivity index is 1.96. The SMILES string of the molecule is COC(=O)c1cccc(OC(=O)COc2ccc(Cl)cc2Br)c1. The van der Waals surface area contributed by atoms with E-state index in [0.717, 1.165) is 0 Å². The molecule has 5 nitrogen and oxygen atoms in total. The Kier molecular flexibility index (Phi) is 6.01. The summed E-state index contributed by atoms with van der Waals surface area (Å²) in [5.74, 6) is -0.413. The molecule has 0 aliphatic heterocycles.